The van der Waals surface area contributed by atoms with E-state index in [1.54, 1.807) is 24.6 Å². The highest BCUT2D eigenvalue weighted by molar-refractivity contribution is 7.91. The number of sulfonamides is 1. The summed E-state index contributed by atoms with van der Waals surface area (Å²) < 4.78 is 38.0. The highest BCUT2D eigenvalue weighted by Crippen LogP contribution is 2.24. The second kappa shape index (κ2) is 7.00. The van der Waals surface area contributed by atoms with Gasteiger partial charge in [0, 0.05) is 13.1 Å². The van der Waals surface area contributed by atoms with Crippen LogP contribution in [0.5, 0.6) is 5.75 Å². The molecule has 23 heavy (non-hydrogen) atoms. The average molecular weight is 353 g/mol. The van der Waals surface area contributed by atoms with Crippen LogP contribution in [0.15, 0.2) is 46.0 Å². The summed E-state index contributed by atoms with van der Waals surface area (Å²) >= 11 is 1.25. The molecule has 2 heterocycles. The molecule has 3 rings (SSSR count). The van der Waals surface area contributed by atoms with Crippen LogP contribution in [0.3, 0.4) is 0 Å². The number of benzene rings is 1. The van der Waals surface area contributed by atoms with Crippen molar-refractivity contribution in [1.29, 1.82) is 0 Å². The number of hydrogen-bond donors (Lipinski definition) is 0. The Labute approximate surface area is 140 Å². The number of hydrogen-bond acceptors (Lipinski definition) is 5. The number of thiophene rings is 1. The van der Waals surface area contributed by atoms with Gasteiger partial charge in [0.25, 0.3) is 10.0 Å². The highest BCUT2D eigenvalue weighted by atomic mass is 32.2. The van der Waals surface area contributed by atoms with Crippen LogP contribution in [0.2, 0.25) is 0 Å². The topological polar surface area (TPSA) is 55.8 Å². The normalized spacial score (nSPS) is 19.6. The van der Waals surface area contributed by atoms with Gasteiger partial charge in [-0.1, -0.05) is 18.2 Å². The lowest BCUT2D eigenvalue weighted by Crippen LogP contribution is -2.46. The second-order valence-electron chi connectivity index (χ2n) is 5.34. The van der Waals surface area contributed by atoms with Gasteiger partial charge >= 0.3 is 0 Å². The van der Waals surface area contributed by atoms with Gasteiger partial charge in [0.15, 0.2) is 0 Å². The van der Waals surface area contributed by atoms with Crippen molar-refractivity contribution < 1.29 is 17.9 Å². The van der Waals surface area contributed by atoms with Crippen molar-refractivity contribution in [2.24, 2.45) is 0 Å². The third-order valence-corrected chi connectivity index (χ3v) is 7.05. The number of ether oxygens (including phenoxy) is 2. The van der Waals surface area contributed by atoms with Gasteiger partial charge in [-0.05, 0) is 35.6 Å². The Morgan fingerprint density at radius 1 is 1.30 bits per heavy atom. The Morgan fingerprint density at radius 2 is 2.09 bits per heavy atom. The summed E-state index contributed by atoms with van der Waals surface area (Å²) in [7, 11) is -1.77. The molecular formula is C16H19NO4S2. The number of methoxy groups -OCH3 is 1. The molecule has 1 fully saturated rings. The zero-order chi connectivity index (χ0) is 16.3. The molecule has 1 aliphatic rings. The van der Waals surface area contributed by atoms with E-state index in [1.807, 2.05) is 24.3 Å². The van der Waals surface area contributed by atoms with Crippen LogP contribution in [0.25, 0.3) is 0 Å². The molecule has 1 unspecified atom stereocenters. The summed E-state index contributed by atoms with van der Waals surface area (Å²) in [4.78, 5) is 0. The molecule has 7 heteroatoms. The minimum atomic E-state index is -3.40. The first-order chi connectivity index (χ1) is 11.1. The van der Waals surface area contributed by atoms with Crippen molar-refractivity contribution in [3.63, 3.8) is 0 Å². The second-order valence-corrected chi connectivity index (χ2v) is 8.45. The zero-order valence-electron chi connectivity index (χ0n) is 12.8. The fourth-order valence-electron chi connectivity index (χ4n) is 2.60. The number of nitrogens with zero attached hydrogens (tertiary/aromatic N) is 1. The fourth-order valence-corrected chi connectivity index (χ4v) is 5.20. The molecule has 0 radical (unpaired) electrons. The van der Waals surface area contributed by atoms with Crippen molar-refractivity contribution in [3.05, 3.63) is 47.3 Å². The van der Waals surface area contributed by atoms with Crippen LogP contribution in [-0.2, 0) is 21.2 Å². The van der Waals surface area contributed by atoms with Crippen molar-refractivity contribution in [2.75, 3.05) is 26.8 Å². The standard InChI is InChI=1S/C16H19NO4S2/c1-20-14-6-4-13(5-7-14)11-15-12-17(8-9-21-15)23(18,19)16-3-2-10-22-16/h2-7,10,15H,8-9,11-12H2,1H3. The van der Waals surface area contributed by atoms with Gasteiger partial charge in [-0.3, -0.25) is 0 Å². The molecule has 1 atom stereocenters. The molecule has 0 amide bonds. The summed E-state index contributed by atoms with van der Waals surface area (Å²) in [5.74, 6) is 0.806. The highest BCUT2D eigenvalue weighted by Gasteiger charge is 2.31. The Kier molecular flexibility index (Phi) is 5.01. The fraction of sp³-hybridized carbons (Fsp3) is 0.375. The van der Waals surface area contributed by atoms with E-state index in [0.29, 0.717) is 30.3 Å². The molecule has 124 valence electrons. The summed E-state index contributed by atoms with van der Waals surface area (Å²) in [5, 5.41) is 1.78. The van der Waals surface area contributed by atoms with Crippen LogP contribution in [0.4, 0.5) is 0 Å². The minimum Gasteiger partial charge on any atom is -0.497 e. The molecule has 1 saturated heterocycles. The summed E-state index contributed by atoms with van der Waals surface area (Å²) in [6.45, 7) is 1.21. The minimum absolute atomic E-state index is 0.133. The first-order valence-corrected chi connectivity index (χ1v) is 9.70. The van der Waals surface area contributed by atoms with Crippen LogP contribution in [-0.4, -0.2) is 45.6 Å². The molecule has 2 aromatic rings. The molecule has 0 aliphatic carbocycles. The average Bonchev–Trinajstić information content (AvgIpc) is 3.11. The van der Waals surface area contributed by atoms with Crippen molar-refractivity contribution in [2.45, 2.75) is 16.7 Å². The van der Waals surface area contributed by atoms with E-state index in [-0.39, 0.29) is 6.10 Å². The molecular weight excluding hydrogens is 334 g/mol. The lowest BCUT2D eigenvalue weighted by atomic mass is 10.1. The zero-order valence-corrected chi connectivity index (χ0v) is 14.5. The Morgan fingerprint density at radius 3 is 2.74 bits per heavy atom. The van der Waals surface area contributed by atoms with E-state index < -0.39 is 10.0 Å². The largest absolute Gasteiger partial charge is 0.497 e. The lowest BCUT2D eigenvalue weighted by Gasteiger charge is -2.31. The molecule has 1 aromatic carbocycles. The van der Waals surface area contributed by atoms with Crippen molar-refractivity contribution in [1.82, 2.24) is 4.31 Å². The summed E-state index contributed by atoms with van der Waals surface area (Å²) in [5.41, 5.74) is 1.10. The number of morpholine rings is 1. The van der Waals surface area contributed by atoms with Gasteiger partial charge in [-0.15, -0.1) is 11.3 Å². The Bertz CT molecular complexity index is 726. The SMILES string of the molecule is COc1ccc(CC2CN(S(=O)(=O)c3cccs3)CCO2)cc1. The molecule has 1 aliphatic heterocycles. The predicted octanol–water partition coefficient (Wildman–Crippen LogP) is 2.39. The lowest BCUT2D eigenvalue weighted by molar-refractivity contribution is -0.000444. The van der Waals surface area contributed by atoms with Gasteiger partial charge in [0.2, 0.25) is 0 Å². The van der Waals surface area contributed by atoms with Gasteiger partial charge in [-0.25, -0.2) is 8.42 Å². The van der Waals surface area contributed by atoms with E-state index >= 15 is 0 Å². The molecule has 5 nitrogen and oxygen atoms in total. The Balaban J connectivity index is 1.68. The first kappa shape index (κ1) is 16.4. The monoisotopic (exact) mass is 353 g/mol. The quantitative estimate of drug-likeness (QED) is 0.828. The van der Waals surface area contributed by atoms with Crippen molar-refractivity contribution in [3.8, 4) is 5.75 Å². The predicted molar refractivity (Wildman–Crippen MR) is 89.5 cm³/mol. The maximum atomic E-state index is 12.6. The molecule has 0 spiro atoms. The van der Waals surface area contributed by atoms with E-state index in [4.69, 9.17) is 9.47 Å². The van der Waals surface area contributed by atoms with E-state index in [9.17, 15) is 8.42 Å². The summed E-state index contributed by atoms with van der Waals surface area (Å²) in [6, 6.07) is 11.2. The van der Waals surface area contributed by atoms with Crippen LogP contribution in [0.1, 0.15) is 5.56 Å². The van der Waals surface area contributed by atoms with E-state index in [1.165, 1.54) is 15.6 Å². The van der Waals surface area contributed by atoms with E-state index in [2.05, 4.69) is 0 Å². The first-order valence-electron chi connectivity index (χ1n) is 7.38. The molecule has 0 saturated carbocycles. The maximum Gasteiger partial charge on any atom is 0.252 e. The van der Waals surface area contributed by atoms with Crippen LogP contribution < -0.4 is 4.74 Å². The molecule has 0 bridgehead atoms. The third kappa shape index (κ3) is 3.74. The summed E-state index contributed by atoms with van der Waals surface area (Å²) in [6.07, 6.45) is 0.548. The third-order valence-electron chi connectivity index (χ3n) is 3.81. The van der Waals surface area contributed by atoms with E-state index in [0.717, 1.165) is 11.3 Å². The van der Waals surface area contributed by atoms with Gasteiger partial charge in [-0.2, -0.15) is 4.31 Å². The van der Waals surface area contributed by atoms with Gasteiger partial charge in [0.1, 0.15) is 9.96 Å². The molecule has 0 N–H and O–H groups in total. The van der Waals surface area contributed by atoms with Gasteiger partial charge in [0.05, 0.1) is 19.8 Å². The van der Waals surface area contributed by atoms with Gasteiger partial charge < -0.3 is 9.47 Å². The van der Waals surface area contributed by atoms with Crippen LogP contribution >= 0.6 is 11.3 Å². The smallest absolute Gasteiger partial charge is 0.252 e. The Hall–Kier alpha value is -1.41. The number of rotatable bonds is 5. The van der Waals surface area contributed by atoms with Crippen LogP contribution in [0, 0.1) is 0 Å². The molecule has 1 aromatic heterocycles. The maximum absolute atomic E-state index is 12.6. The van der Waals surface area contributed by atoms with Crippen molar-refractivity contribution >= 4 is 21.4 Å².